The van der Waals surface area contributed by atoms with Crippen LogP contribution in [0.5, 0.6) is 0 Å². The molecule has 0 saturated carbocycles. The average molecular weight is 338 g/mol. The summed E-state index contributed by atoms with van der Waals surface area (Å²) in [6, 6.07) is 1.77. The number of aromatic nitrogens is 4. The highest BCUT2D eigenvalue weighted by Crippen LogP contribution is 2.26. The Morgan fingerprint density at radius 3 is 2.96 bits per heavy atom. The standard InChI is InChI=1S/C13H18N6O3S/c1-9-17-11(5-13(14-2)18-9)12-8-19(3-4-22-12)23(20,21)10-6-15-16-7-10/h5-7,12H,3-4,8H2,1-2H3,(H,15,16)(H,14,17,18). The number of nitrogens with one attached hydrogen (secondary N) is 2. The van der Waals surface area contributed by atoms with E-state index in [4.69, 9.17) is 4.74 Å². The Hall–Kier alpha value is -2.04. The topological polar surface area (TPSA) is 113 Å². The Labute approximate surface area is 134 Å². The zero-order valence-electron chi connectivity index (χ0n) is 12.9. The molecule has 1 fully saturated rings. The average Bonchev–Trinajstić information content (AvgIpc) is 3.09. The van der Waals surface area contributed by atoms with Crippen molar-refractivity contribution in [2.45, 2.75) is 17.9 Å². The molecule has 3 rings (SSSR count). The van der Waals surface area contributed by atoms with Crippen LogP contribution in [-0.4, -0.2) is 59.6 Å². The van der Waals surface area contributed by atoms with Crippen LogP contribution in [-0.2, 0) is 14.8 Å². The maximum absolute atomic E-state index is 12.6. The molecular formula is C13H18N6O3S. The van der Waals surface area contributed by atoms with E-state index in [2.05, 4.69) is 25.5 Å². The van der Waals surface area contributed by atoms with Crippen molar-refractivity contribution in [3.63, 3.8) is 0 Å². The molecule has 0 spiro atoms. The first-order chi connectivity index (χ1) is 11.0. The van der Waals surface area contributed by atoms with E-state index in [0.717, 1.165) is 0 Å². The van der Waals surface area contributed by atoms with E-state index >= 15 is 0 Å². The Morgan fingerprint density at radius 2 is 2.26 bits per heavy atom. The number of rotatable bonds is 4. The molecule has 9 nitrogen and oxygen atoms in total. The van der Waals surface area contributed by atoms with Gasteiger partial charge in [0.05, 0.1) is 18.5 Å². The molecule has 124 valence electrons. The van der Waals surface area contributed by atoms with Crippen molar-refractivity contribution in [3.05, 3.63) is 30.0 Å². The van der Waals surface area contributed by atoms with Crippen LogP contribution in [0.2, 0.25) is 0 Å². The molecular weight excluding hydrogens is 320 g/mol. The first kappa shape index (κ1) is 15.8. The van der Waals surface area contributed by atoms with Gasteiger partial charge in [0.2, 0.25) is 10.0 Å². The lowest BCUT2D eigenvalue weighted by molar-refractivity contribution is -0.00505. The summed E-state index contributed by atoms with van der Waals surface area (Å²) in [5.74, 6) is 1.27. The summed E-state index contributed by atoms with van der Waals surface area (Å²) in [7, 11) is -1.82. The highest BCUT2D eigenvalue weighted by Gasteiger charge is 2.32. The van der Waals surface area contributed by atoms with E-state index in [1.54, 1.807) is 20.0 Å². The van der Waals surface area contributed by atoms with Gasteiger partial charge in [-0.3, -0.25) is 5.10 Å². The number of H-pyrrole nitrogens is 1. The van der Waals surface area contributed by atoms with Crippen molar-refractivity contribution >= 4 is 15.8 Å². The second-order valence-electron chi connectivity index (χ2n) is 5.13. The predicted octanol–water partition coefficient (Wildman–Crippen LogP) is 0.312. The molecule has 2 aromatic heterocycles. The van der Waals surface area contributed by atoms with Gasteiger partial charge < -0.3 is 10.1 Å². The molecule has 0 bridgehead atoms. The van der Waals surface area contributed by atoms with Gasteiger partial charge in [-0.05, 0) is 6.92 Å². The van der Waals surface area contributed by atoms with Crippen LogP contribution < -0.4 is 5.32 Å². The Bertz CT molecular complexity index is 777. The maximum atomic E-state index is 12.6. The van der Waals surface area contributed by atoms with E-state index in [1.165, 1.54) is 16.7 Å². The fraction of sp³-hybridized carbons (Fsp3) is 0.462. The van der Waals surface area contributed by atoms with Crippen molar-refractivity contribution in [2.75, 3.05) is 32.1 Å². The first-order valence-electron chi connectivity index (χ1n) is 7.14. The molecule has 0 amide bonds. The third-order valence-electron chi connectivity index (χ3n) is 3.58. The number of sulfonamides is 1. The number of morpholine rings is 1. The fourth-order valence-electron chi connectivity index (χ4n) is 2.44. The van der Waals surface area contributed by atoms with Gasteiger partial charge in [0.1, 0.15) is 22.6 Å². The van der Waals surface area contributed by atoms with Crippen molar-refractivity contribution in [1.29, 1.82) is 0 Å². The molecule has 1 saturated heterocycles. The molecule has 0 aliphatic carbocycles. The molecule has 23 heavy (non-hydrogen) atoms. The number of aryl methyl sites for hydroxylation is 1. The number of anilines is 1. The molecule has 0 radical (unpaired) electrons. The zero-order chi connectivity index (χ0) is 16.4. The number of ether oxygens (including phenoxy) is 1. The van der Waals surface area contributed by atoms with E-state index in [1.807, 2.05) is 0 Å². The minimum absolute atomic E-state index is 0.146. The Kier molecular flexibility index (Phi) is 4.28. The van der Waals surface area contributed by atoms with E-state index in [9.17, 15) is 8.42 Å². The predicted molar refractivity (Wildman–Crippen MR) is 82.4 cm³/mol. The van der Waals surface area contributed by atoms with Gasteiger partial charge in [-0.2, -0.15) is 9.40 Å². The normalized spacial score (nSPS) is 19.7. The lowest BCUT2D eigenvalue weighted by Crippen LogP contribution is -2.42. The second kappa shape index (κ2) is 6.22. The Morgan fingerprint density at radius 1 is 1.43 bits per heavy atom. The quantitative estimate of drug-likeness (QED) is 0.825. The van der Waals surface area contributed by atoms with E-state index in [-0.39, 0.29) is 11.4 Å². The molecule has 3 heterocycles. The van der Waals surface area contributed by atoms with Crippen LogP contribution >= 0.6 is 0 Å². The summed E-state index contributed by atoms with van der Waals surface area (Å²) in [4.78, 5) is 8.75. The lowest BCUT2D eigenvalue weighted by atomic mass is 10.2. The summed E-state index contributed by atoms with van der Waals surface area (Å²) in [5.41, 5.74) is 0.661. The lowest BCUT2D eigenvalue weighted by Gasteiger charge is -2.31. The fourth-order valence-corrected chi connectivity index (χ4v) is 3.77. The number of hydrogen-bond donors (Lipinski definition) is 2. The smallest absolute Gasteiger partial charge is 0.246 e. The minimum Gasteiger partial charge on any atom is -0.373 e. The van der Waals surface area contributed by atoms with Gasteiger partial charge in [0.25, 0.3) is 0 Å². The number of hydrogen-bond acceptors (Lipinski definition) is 7. The SMILES string of the molecule is CNc1cc(C2CN(S(=O)(=O)c3cn[nH]c3)CCO2)nc(C)n1. The molecule has 1 atom stereocenters. The van der Waals surface area contributed by atoms with Crippen molar-refractivity contribution in [1.82, 2.24) is 24.5 Å². The largest absolute Gasteiger partial charge is 0.373 e. The van der Waals surface area contributed by atoms with Gasteiger partial charge in [-0.25, -0.2) is 18.4 Å². The van der Waals surface area contributed by atoms with Gasteiger partial charge in [-0.1, -0.05) is 0 Å². The highest BCUT2D eigenvalue weighted by atomic mass is 32.2. The van der Waals surface area contributed by atoms with Gasteiger partial charge in [-0.15, -0.1) is 0 Å². The second-order valence-corrected chi connectivity index (χ2v) is 7.07. The molecule has 1 unspecified atom stereocenters. The number of nitrogens with zero attached hydrogens (tertiary/aromatic N) is 4. The third-order valence-corrected chi connectivity index (χ3v) is 5.41. The van der Waals surface area contributed by atoms with E-state index in [0.29, 0.717) is 30.5 Å². The molecule has 10 heteroatoms. The molecule has 2 aromatic rings. The third kappa shape index (κ3) is 3.19. The Balaban J connectivity index is 1.85. The van der Waals surface area contributed by atoms with Crippen LogP contribution in [0.15, 0.2) is 23.4 Å². The first-order valence-corrected chi connectivity index (χ1v) is 8.58. The summed E-state index contributed by atoms with van der Waals surface area (Å²) >= 11 is 0. The minimum atomic E-state index is -3.58. The van der Waals surface area contributed by atoms with Gasteiger partial charge >= 0.3 is 0 Å². The van der Waals surface area contributed by atoms with E-state index < -0.39 is 16.1 Å². The maximum Gasteiger partial charge on any atom is 0.246 e. The molecule has 0 aromatic carbocycles. The summed E-state index contributed by atoms with van der Waals surface area (Å²) in [6.07, 6.45) is 2.24. The van der Waals surface area contributed by atoms with Crippen molar-refractivity contribution < 1.29 is 13.2 Å². The summed E-state index contributed by atoms with van der Waals surface area (Å²) < 4.78 is 32.3. The molecule has 1 aliphatic heterocycles. The van der Waals surface area contributed by atoms with Crippen LogP contribution in [0.4, 0.5) is 5.82 Å². The van der Waals surface area contributed by atoms with Crippen LogP contribution in [0.1, 0.15) is 17.6 Å². The van der Waals surface area contributed by atoms with Gasteiger partial charge in [0, 0.05) is 32.4 Å². The number of aromatic amines is 1. The van der Waals surface area contributed by atoms with Crippen molar-refractivity contribution in [2.24, 2.45) is 0 Å². The van der Waals surface area contributed by atoms with Gasteiger partial charge in [0.15, 0.2) is 0 Å². The molecule has 1 aliphatic rings. The highest BCUT2D eigenvalue weighted by molar-refractivity contribution is 7.89. The monoisotopic (exact) mass is 338 g/mol. The van der Waals surface area contributed by atoms with Crippen molar-refractivity contribution in [3.8, 4) is 0 Å². The van der Waals surface area contributed by atoms with Crippen LogP contribution in [0, 0.1) is 6.92 Å². The summed E-state index contributed by atoms with van der Waals surface area (Å²) in [6.45, 7) is 2.59. The summed E-state index contributed by atoms with van der Waals surface area (Å²) in [5, 5.41) is 9.19. The molecule has 2 N–H and O–H groups in total. The zero-order valence-corrected chi connectivity index (χ0v) is 13.7. The van der Waals surface area contributed by atoms with Crippen LogP contribution in [0.3, 0.4) is 0 Å². The van der Waals surface area contributed by atoms with Crippen LogP contribution in [0.25, 0.3) is 0 Å².